The van der Waals surface area contributed by atoms with E-state index in [2.05, 4.69) is 40.7 Å². The van der Waals surface area contributed by atoms with Crippen LogP contribution in [0, 0.1) is 34.0 Å². The van der Waals surface area contributed by atoms with Crippen LogP contribution in [0.3, 0.4) is 0 Å². The molecule has 0 atom stereocenters. The van der Waals surface area contributed by atoms with Gasteiger partial charge in [0.15, 0.2) is 0 Å². The molecule has 0 N–H and O–H groups in total. The van der Waals surface area contributed by atoms with Gasteiger partial charge in [0.25, 0.3) is 0 Å². The van der Waals surface area contributed by atoms with Crippen molar-refractivity contribution in [3.8, 4) is 6.07 Å². The van der Waals surface area contributed by atoms with Gasteiger partial charge < -0.3 is 0 Å². The fourth-order valence-corrected chi connectivity index (χ4v) is 2.23. The van der Waals surface area contributed by atoms with Crippen molar-refractivity contribution in [1.82, 2.24) is 0 Å². The molecule has 76 valence electrons. The summed E-state index contributed by atoms with van der Waals surface area (Å²) in [5.41, 5.74) is -0.170. The summed E-state index contributed by atoms with van der Waals surface area (Å²) in [6.45, 7) is 15.2. The molecular weight excluding hydrogens is 158 g/mol. The first kappa shape index (κ1) is 12.5. The van der Waals surface area contributed by atoms with Crippen molar-refractivity contribution in [3.05, 3.63) is 0 Å². The van der Waals surface area contributed by atoms with Crippen molar-refractivity contribution < 1.29 is 0 Å². The zero-order valence-corrected chi connectivity index (χ0v) is 10.1. The molecule has 0 amide bonds. The second-order valence-corrected chi connectivity index (χ2v) is 5.33. The molecule has 0 saturated carbocycles. The van der Waals surface area contributed by atoms with Crippen LogP contribution in [-0.4, -0.2) is 0 Å². The second-order valence-electron chi connectivity index (χ2n) is 5.33. The summed E-state index contributed by atoms with van der Waals surface area (Å²) in [5, 5.41) is 9.18. The molecule has 13 heavy (non-hydrogen) atoms. The first-order valence-corrected chi connectivity index (χ1v) is 5.11. The Bertz CT molecular complexity index is 198. The average Bonchev–Trinajstić information content (AvgIpc) is 2.01. The van der Waals surface area contributed by atoms with Gasteiger partial charge in [-0.3, -0.25) is 0 Å². The van der Waals surface area contributed by atoms with E-state index >= 15 is 0 Å². The molecule has 0 radical (unpaired) electrons. The van der Waals surface area contributed by atoms with Gasteiger partial charge in [-0.1, -0.05) is 34.6 Å². The maximum Gasteiger partial charge on any atom is 0.0689 e. The highest BCUT2D eigenvalue weighted by molar-refractivity contribution is 5.05. The summed E-state index contributed by atoms with van der Waals surface area (Å²) in [6.07, 6.45) is 0. The summed E-state index contributed by atoms with van der Waals surface area (Å²) < 4.78 is 0. The molecule has 1 heteroatoms. The number of rotatable bonds is 3. The quantitative estimate of drug-likeness (QED) is 0.648. The lowest BCUT2D eigenvalue weighted by atomic mass is 9.56. The van der Waals surface area contributed by atoms with E-state index in [1.807, 2.05) is 13.8 Å². The van der Waals surface area contributed by atoms with Crippen LogP contribution in [0.4, 0.5) is 0 Å². The average molecular weight is 181 g/mol. The smallest absolute Gasteiger partial charge is 0.0689 e. The summed E-state index contributed by atoms with van der Waals surface area (Å²) in [7, 11) is 0. The van der Waals surface area contributed by atoms with Crippen LogP contribution in [0.25, 0.3) is 0 Å². The monoisotopic (exact) mass is 181 g/mol. The number of nitrogens with zero attached hydrogens (tertiary/aromatic N) is 1. The Morgan fingerprint density at radius 1 is 0.923 bits per heavy atom. The van der Waals surface area contributed by atoms with E-state index in [4.69, 9.17) is 0 Å². The lowest BCUT2D eigenvalue weighted by molar-refractivity contribution is 0.0272. The standard InChI is InChI=1S/C12H23N/c1-9(2)12(7,10(3)4)11(5,6)8-13/h9-10H,1-7H3. The fraction of sp³-hybridized carbons (Fsp3) is 0.917. The minimum atomic E-state index is -0.255. The Morgan fingerprint density at radius 2 is 1.23 bits per heavy atom. The molecule has 0 rings (SSSR count). The Labute approximate surface area is 83.1 Å². The van der Waals surface area contributed by atoms with Gasteiger partial charge in [0.1, 0.15) is 0 Å². The SMILES string of the molecule is CC(C)C(C)(C(C)C)C(C)(C)C#N. The molecule has 0 bridgehead atoms. The van der Waals surface area contributed by atoms with E-state index in [-0.39, 0.29) is 10.8 Å². The van der Waals surface area contributed by atoms with Gasteiger partial charge in [-0.2, -0.15) is 5.26 Å². The van der Waals surface area contributed by atoms with Gasteiger partial charge in [0.05, 0.1) is 11.5 Å². The Kier molecular flexibility index (Phi) is 3.55. The molecule has 0 aliphatic heterocycles. The molecule has 0 aromatic rings. The Balaban J connectivity index is 5.16. The van der Waals surface area contributed by atoms with Gasteiger partial charge in [-0.15, -0.1) is 0 Å². The lowest BCUT2D eigenvalue weighted by Crippen LogP contribution is -2.43. The van der Waals surface area contributed by atoms with Crippen LogP contribution in [0.1, 0.15) is 48.5 Å². The van der Waals surface area contributed by atoms with Gasteiger partial charge in [-0.25, -0.2) is 0 Å². The summed E-state index contributed by atoms with van der Waals surface area (Å²) in [5.74, 6) is 1.06. The van der Waals surface area contributed by atoms with E-state index in [1.54, 1.807) is 0 Å². The van der Waals surface area contributed by atoms with Crippen LogP contribution in [0.15, 0.2) is 0 Å². The minimum absolute atomic E-state index is 0.0851. The molecule has 0 heterocycles. The molecular formula is C12H23N. The molecule has 0 saturated heterocycles. The molecule has 0 aromatic carbocycles. The van der Waals surface area contributed by atoms with Crippen molar-refractivity contribution in [2.24, 2.45) is 22.7 Å². The highest BCUT2D eigenvalue weighted by Crippen LogP contribution is 2.49. The summed E-state index contributed by atoms with van der Waals surface area (Å²) >= 11 is 0. The van der Waals surface area contributed by atoms with Gasteiger partial charge in [0, 0.05) is 0 Å². The molecule has 0 aliphatic rings. The van der Waals surface area contributed by atoms with Crippen LogP contribution in [0.2, 0.25) is 0 Å². The Hall–Kier alpha value is -0.510. The van der Waals surface area contributed by atoms with Crippen molar-refractivity contribution in [3.63, 3.8) is 0 Å². The third-order valence-corrected chi connectivity index (χ3v) is 4.02. The van der Waals surface area contributed by atoms with E-state index in [0.29, 0.717) is 11.8 Å². The lowest BCUT2D eigenvalue weighted by Gasteiger charge is -2.46. The zero-order valence-electron chi connectivity index (χ0n) is 10.1. The molecule has 0 spiro atoms. The third-order valence-electron chi connectivity index (χ3n) is 4.02. The molecule has 0 fully saturated rings. The Morgan fingerprint density at radius 3 is 1.31 bits per heavy atom. The van der Waals surface area contributed by atoms with Gasteiger partial charge in [0.2, 0.25) is 0 Å². The van der Waals surface area contributed by atoms with Crippen molar-refractivity contribution in [2.75, 3.05) is 0 Å². The second kappa shape index (κ2) is 3.70. The fourth-order valence-electron chi connectivity index (χ4n) is 2.23. The molecule has 1 nitrogen and oxygen atoms in total. The normalized spacial score (nSPS) is 13.5. The predicted octanol–water partition coefficient (Wildman–Crippen LogP) is 3.85. The zero-order chi connectivity index (χ0) is 10.9. The van der Waals surface area contributed by atoms with Crippen molar-refractivity contribution >= 4 is 0 Å². The van der Waals surface area contributed by atoms with E-state index in [1.165, 1.54) is 0 Å². The molecule has 0 aliphatic carbocycles. The number of hydrogen-bond acceptors (Lipinski definition) is 1. The van der Waals surface area contributed by atoms with Crippen LogP contribution in [0.5, 0.6) is 0 Å². The summed E-state index contributed by atoms with van der Waals surface area (Å²) in [6, 6.07) is 2.44. The topological polar surface area (TPSA) is 23.8 Å². The minimum Gasteiger partial charge on any atom is -0.198 e. The van der Waals surface area contributed by atoms with Gasteiger partial charge >= 0.3 is 0 Å². The number of hydrogen-bond donors (Lipinski definition) is 0. The van der Waals surface area contributed by atoms with Crippen LogP contribution >= 0.6 is 0 Å². The van der Waals surface area contributed by atoms with E-state index in [0.717, 1.165) is 0 Å². The maximum absolute atomic E-state index is 9.18. The molecule has 0 aromatic heterocycles. The van der Waals surface area contributed by atoms with E-state index < -0.39 is 0 Å². The highest BCUT2D eigenvalue weighted by atomic mass is 14.5. The number of nitriles is 1. The van der Waals surface area contributed by atoms with E-state index in [9.17, 15) is 5.26 Å². The van der Waals surface area contributed by atoms with Crippen molar-refractivity contribution in [1.29, 1.82) is 5.26 Å². The largest absolute Gasteiger partial charge is 0.198 e. The predicted molar refractivity (Wildman–Crippen MR) is 57.2 cm³/mol. The van der Waals surface area contributed by atoms with Crippen LogP contribution < -0.4 is 0 Å². The maximum atomic E-state index is 9.18. The summed E-state index contributed by atoms with van der Waals surface area (Å²) in [4.78, 5) is 0. The highest BCUT2D eigenvalue weighted by Gasteiger charge is 2.45. The molecule has 0 unspecified atom stereocenters. The van der Waals surface area contributed by atoms with Crippen LogP contribution in [-0.2, 0) is 0 Å². The van der Waals surface area contributed by atoms with Crippen molar-refractivity contribution in [2.45, 2.75) is 48.5 Å². The van der Waals surface area contributed by atoms with Gasteiger partial charge in [-0.05, 0) is 31.1 Å². The third kappa shape index (κ3) is 1.88. The first-order chi connectivity index (χ1) is 5.70. The first-order valence-electron chi connectivity index (χ1n) is 5.11.